The maximum atomic E-state index is 13.4. The number of rotatable bonds is 8. The molecule has 2 aromatic carbocycles. The Morgan fingerprint density at radius 1 is 1.22 bits per heavy atom. The van der Waals surface area contributed by atoms with Crippen LogP contribution in [-0.2, 0) is 10.9 Å². The van der Waals surface area contributed by atoms with Crippen molar-refractivity contribution in [1.82, 2.24) is 9.97 Å². The zero-order chi connectivity index (χ0) is 29.6. The summed E-state index contributed by atoms with van der Waals surface area (Å²) in [4.78, 5) is 28.6. The molecule has 0 bridgehead atoms. The number of carbonyl (C=O) groups excluding carboxylic acids is 1. The van der Waals surface area contributed by atoms with Crippen LogP contribution in [-0.4, -0.2) is 55.1 Å². The van der Waals surface area contributed by atoms with Crippen molar-refractivity contribution in [3.05, 3.63) is 77.8 Å². The number of carbonyl (C=O) groups is 1. The van der Waals surface area contributed by atoms with Crippen LogP contribution in [0.1, 0.15) is 33.6 Å². The Balaban J connectivity index is 1.63. The molecule has 0 saturated carbocycles. The summed E-state index contributed by atoms with van der Waals surface area (Å²) in [6, 6.07) is 8.01. The molecule has 41 heavy (non-hydrogen) atoms. The van der Waals surface area contributed by atoms with E-state index in [4.69, 9.17) is 15.2 Å². The molecular formula is C28H30F3N7O3. The number of nitrogens with one attached hydrogen (secondary N) is 2. The van der Waals surface area contributed by atoms with Crippen molar-refractivity contribution in [2.75, 3.05) is 48.9 Å². The number of nitrogens with zero attached hydrogens (tertiary/aromatic N) is 4. The van der Waals surface area contributed by atoms with Gasteiger partial charge in [0, 0.05) is 30.9 Å². The number of benzene rings is 2. The summed E-state index contributed by atoms with van der Waals surface area (Å²) in [6.07, 6.45) is -0.768. The lowest BCUT2D eigenvalue weighted by molar-refractivity contribution is -0.138. The highest BCUT2D eigenvalue weighted by molar-refractivity contribution is 6.06. The molecule has 0 aliphatic carbocycles. The predicted molar refractivity (Wildman–Crippen MR) is 151 cm³/mol. The Labute approximate surface area is 235 Å². The second-order valence-electron chi connectivity index (χ2n) is 9.10. The first-order chi connectivity index (χ1) is 19.6. The summed E-state index contributed by atoms with van der Waals surface area (Å²) in [5.41, 5.74) is 7.47. The highest BCUT2D eigenvalue weighted by atomic mass is 19.4. The molecule has 0 atom stereocenters. The van der Waals surface area contributed by atoms with Crippen molar-refractivity contribution < 1.29 is 27.4 Å². The smallest absolute Gasteiger partial charge is 0.420 e. The number of halogens is 3. The number of methoxy groups -OCH3 is 1. The van der Waals surface area contributed by atoms with Crippen molar-refractivity contribution in [2.45, 2.75) is 19.5 Å². The standard InChI is InChI=1S/C28H30F3N7O3/c1-4-33-22-16-34-27(38-10-5-12-41-13-11-38)37-24(22)25(32)36-21-14-18(7-6-17(21)2)26(39)35-19-8-9-23(40-3)20(15-19)28(29,30)31/h4,6-9,14-16,33H,1,5,10-13H2,2-3H3,(H2,32,36)(H,35,39). The quantitative estimate of drug-likeness (QED) is 0.259. The highest BCUT2D eigenvalue weighted by Gasteiger charge is 2.34. The van der Waals surface area contributed by atoms with Crippen LogP contribution in [0.15, 0.2) is 60.4 Å². The van der Waals surface area contributed by atoms with E-state index in [1.165, 1.54) is 18.3 Å². The van der Waals surface area contributed by atoms with Crippen molar-refractivity contribution in [1.29, 1.82) is 0 Å². The van der Waals surface area contributed by atoms with E-state index < -0.39 is 17.6 Å². The number of aromatic nitrogens is 2. The van der Waals surface area contributed by atoms with Crippen molar-refractivity contribution in [3.63, 3.8) is 0 Å². The maximum absolute atomic E-state index is 13.4. The largest absolute Gasteiger partial charge is 0.496 e. The minimum Gasteiger partial charge on any atom is -0.496 e. The molecule has 4 rings (SSSR count). The number of ether oxygens (including phenoxy) is 2. The van der Waals surface area contributed by atoms with Gasteiger partial charge in [0.25, 0.3) is 5.91 Å². The molecule has 13 heteroatoms. The van der Waals surface area contributed by atoms with Crippen LogP contribution in [0.3, 0.4) is 0 Å². The van der Waals surface area contributed by atoms with Crippen molar-refractivity contribution in [2.24, 2.45) is 10.7 Å². The summed E-state index contributed by atoms with van der Waals surface area (Å²) in [5, 5.41) is 5.46. The van der Waals surface area contributed by atoms with Gasteiger partial charge in [0.1, 0.15) is 11.4 Å². The molecule has 1 aromatic heterocycles. The van der Waals surface area contributed by atoms with Gasteiger partial charge in [-0.1, -0.05) is 12.6 Å². The molecule has 10 nitrogen and oxygen atoms in total. The molecule has 0 spiro atoms. The molecule has 4 N–H and O–H groups in total. The lowest BCUT2D eigenvalue weighted by Crippen LogP contribution is -2.29. The van der Waals surface area contributed by atoms with Gasteiger partial charge in [0.2, 0.25) is 5.95 Å². The van der Waals surface area contributed by atoms with E-state index in [1.54, 1.807) is 25.3 Å². The van der Waals surface area contributed by atoms with Gasteiger partial charge in [0.05, 0.1) is 36.9 Å². The summed E-state index contributed by atoms with van der Waals surface area (Å²) >= 11 is 0. The zero-order valence-electron chi connectivity index (χ0n) is 22.6. The minimum absolute atomic E-state index is 0.0409. The number of amides is 1. The average Bonchev–Trinajstić information content (AvgIpc) is 3.24. The van der Waals surface area contributed by atoms with Crippen molar-refractivity contribution in [3.8, 4) is 5.75 Å². The van der Waals surface area contributed by atoms with Gasteiger partial charge in [-0.15, -0.1) is 0 Å². The fourth-order valence-electron chi connectivity index (χ4n) is 4.15. The maximum Gasteiger partial charge on any atom is 0.420 e. The molecule has 1 aliphatic rings. The van der Waals surface area contributed by atoms with Gasteiger partial charge in [-0.2, -0.15) is 13.2 Å². The van der Waals surface area contributed by atoms with Gasteiger partial charge in [-0.05, 0) is 55.4 Å². The third-order valence-electron chi connectivity index (χ3n) is 6.26. The molecule has 0 radical (unpaired) electrons. The number of anilines is 3. The SMILES string of the molecule is C=CNc1cnc(N2CCCOCC2)nc1C(N)=Nc1cc(C(=O)Nc2ccc(OC)c(C(F)(F)F)c2)ccc1C. The van der Waals surface area contributed by atoms with Crippen LogP contribution >= 0.6 is 0 Å². The number of alkyl halides is 3. The number of nitrogens with two attached hydrogens (primary N) is 1. The molecule has 1 fully saturated rings. The summed E-state index contributed by atoms with van der Waals surface area (Å²) in [7, 11) is 1.14. The molecule has 2 heterocycles. The monoisotopic (exact) mass is 569 g/mol. The van der Waals surface area contributed by atoms with Crippen LogP contribution in [0.4, 0.5) is 36.2 Å². The number of amidine groups is 1. The van der Waals surface area contributed by atoms with Crippen LogP contribution in [0.2, 0.25) is 0 Å². The van der Waals surface area contributed by atoms with Crippen LogP contribution in [0.5, 0.6) is 5.75 Å². The van der Waals surface area contributed by atoms with E-state index in [2.05, 4.69) is 32.2 Å². The summed E-state index contributed by atoms with van der Waals surface area (Å²) in [5.74, 6) is -0.434. The Morgan fingerprint density at radius 2 is 2.02 bits per heavy atom. The molecule has 1 aliphatic heterocycles. The normalized spacial score (nSPS) is 14.3. The molecule has 216 valence electrons. The van der Waals surface area contributed by atoms with Crippen LogP contribution < -0.4 is 26.0 Å². The van der Waals surface area contributed by atoms with Gasteiger partial charge < -0.3 is 30.7 Å². The lowest BCUT2D eigenvalue weighted by Gasteiger charge is -2.20. The Hall–Kier alpha value is -4.65. The molecule has 1 saturated heterocycles. The van der Waals surface area contributed by atoms with E-state index in [9.17, 15) is 18.0 Å². The van der Waals surface area contributed by atoms with Gasteiger partial charge in [0.15, 0.2) is 5.84 Å². The Bertz CT molecular complexity index is 1450. The van der Waals surface area contributed by atoms with Crippen LogP contribution in [0.25, 0.3) is 0 Å². The first-order valence-corrected chi connectivity index (χ1v) is 12.7. The Morgan fingerprint density at radius 3 is 2.76 bits per heavy atom. The van der Waals surface area contributed by atoms with Gasteiger partial charge in [-0.25, -0.2) is 15.0 Å². The zero-order valence-corrected chi connectivity index (χ0v) is 22.6. The minimum atomic E-state index is -4.66. The number of aryl methyl sites for hydroxylation is 1. The van der Waals surface area contributed by atoms with E-state index in [-0.39, 0.29) is 22.8 Å². The molecule has 1 amide bonds. The third-order valence-corrected chi connectivity index (χ3v) is 6.26. The number of hydrogen-bond acceptors (Lipinski definition) is 8. The average molecular weight is 570 g/mol. The molecule has 3 aromatic rings. The Kier molecular flexibility index (Phi) is 9.07. The van der Waals surface area contributed by atoms with E-state index in [1.807, 2.05) is 4.90 Å². The highest BCUT2D eigenvalue weighted by Crippen LogP contribution is 2.38. The lowest BCUT2D eigenvalue weighted by atomic mass is 10.1. The van der Waals surface area contributed by atoms with Gasteiger partial charge in [-0.3, -0.25) is 4.79 Å². The topological polar surface area (TPSA) is 127 Å². The summed E-state index contributed by atoms with van der Waals surface area (Å²) < 4.78 is 50.6. The molecular weight excluding hydrogens is 539 g/mol. The third kappa shape index (κ3) is 7.11. The van der Waals surface area contributed by atoms with E-state index in [0.717, 1.165) is 32.2 Å². The summed E-state index contributed by atoms with van der Waals surface area (Å²) in [6.45, 7) is 8.04. The number of hydrogen-bond donors (Lipinski definition) is 3. The first kappa shape index (κ1) is 29.3. The second kappa shape index (κ2) is 12.7. The molecule has 0 unspecified atom stereocenters. The fourth-order valence-corrected chi connectivity index (χ4v) is 4.15. The van der Waals surface area contributed by atoms with E-state index >= 15 is 0 Å². The second-order valence-corrected chi connectivity index (χ2v) is 9.10. The number of aliphatic imine (C=N–C) groups is 1. The van der Waals surface area contributed by atoms with Gasteiger partial charge >= 0.3 is 6.18 Å². The fraction of sp³-hybridized carbons (Fsp3) is 0.286. The predicted octanol–water partition coefficient (Wildman–Crippen LogP) is 4.88. The van der Waals surface area contributed by atoms with Crippen molar-refractivity contribution >= 4 is 34.8 Å². The van der Waals surface area contributed by atoms with Crippen LogP contribution in [0, 0.1) is 6.92 Å². The van der Waals surface area contributed by atoms with E-state index in [0.29, 0.717) is 48.3 Å². The first-order valence-electron chi connectivity index (χ1n) is 12.7.